The predicted octanol–water partition coefficient (Wildman–Crippen LogP) is 5.62. The quantitative estimate of drug-likeness (QED) is 0.121. The van der Waals surface area contributed by atoms with E-state index in [2.05, 4.69) is 6.92 Å². The van der Waals surface area contributed by atoms with Crippen LogP contribution in [0.15, 0.2) is 77.5 Å². The normalized spacial score (nSPS) is 14.8. The minimum absolute atomic E-state index is 0.0344. The number of unbranched alkanes of at least 4 members (excludes halogenated alkanes) is 3. The number of hydrogen-bond acceptors (Lipinski definition) is 6. The molecule has 9 nitrogen and oxygen atoms in total. The van der Waals surface area contributed by atoms with Crippen LogP contribution in [0.5, 0.6) is 0 Å². The molecule has 0 unspecified atom stereocenters. The lowest BCUT2D eigenvalue weighted by molar-refractivity contribution is -0.384. The number of hydrogen-bond donors (Lipinski definition) is 0. The Labute approximate surface area is 220 Å². The number of nitrogens with zero attached hydrogens (tertiary/aromatic N) is 5. The first-order valence-corrected chi connectivity index (χ1v) is 12.4. The van der Waals surface area contributed by atoms with Gasteiger partial charge in [0.2, 0.25) is 0 Å². The Morgan fingerprint density at radius 1 is 1.03 bits per heavy atom. The van der Waals surface area contributed by atoms with E-state index < -0.39 is 16.7 Å². The van der Waals surface area contributed by atoms with E-state index in [-0.39, 0.29) is 23.4 Å². The summed E-state index contributed by atoms with van der Waals surface area (Å²) in [6.07, 6.45) is 6.97. The molecule has 0 spiro atoms. The fourth-order valence-electron chi connectivity index (χ4n) is 4.36. The molecule has 1 aromatic heterocycles. The van der Waals surface area contributed by atoms with Gasteiger partial charge in [0.1, 0.15) is 11.6 Å². The smallest absolute Gasteiger partial charge is 0.271 e. The van der Waals surface area contributed by atoms with Gasteiger partial charge in [-0.3, -0.25) is 24.6 Å². The molecule has 0 fully saturated rings. The second-order valence-corrected chi connectivity index (χ2v) is 9.01. The molecule has 3 aromatic rings. The van der Waals surface area contributed by atoms with E-state index in [9.17, 15) is 25.0 Å². The van der Waals surface area contributed by atoms with Crippen LogP contribution < -0.4 is 0 Å². The highest BCUT2D eigenvalue weighted by Gasteiger charge is 2.35. The van der Waals surface area contributed by atoms with Crippen molar-refractivity contribution in [1.29, 1.82) is 5.26 Å². The van der Waals surface area contributed by atoms with Gasteiger partial charge in [0.25, 0.3) is 17.5 Å². The van der Waals surface area contributed by atoms with Crippen LogP contribution in [0.2, 0.25) is 0 Å². The summed E-state index contributed by atoms with van der Waals surface area (Å²) in [5.41, 5.74) is 3.11. The summed E-state index contributed by atoms with van der Waals surface area (Å²) in [6, 6.07) is 17.4. The highest BCUT2D eigenvalue weighted by molar-refractivity contribution is 6.19. The zero-order valence-electron chi connectivity index (χ0n) is 21.3. The molecule has 2 amide bonds. The van der Waals surface area contributed by atoms with Gasteiger partial charge in [0, 0.05) is 41.6 Å². The average molecular weight is 510 g/mol. The number of carbonyl (C=O) groups excluding carboxylic acids is 2. The van der Waals surface area contributed by atoms with E-state index in [0.717, 1.165) is 29.7 Å². The van der Waals surface area contributed by atoms with Gasteiger partial charge in [-0.1, -0.05) is 56.5 Å². The van der Waals surface area contributed by atoms with Crippen LogP contribution in [-0.2, 0) is 9.59 Å². The molecular formula is C29H27N5O4. The number of nitriles is 1. The van der Waals surface area contributed by atoms with Crippen LogP contribution >= 0.6 is 0 Å². The van der Waals surface area contributed by atoms with E-state index in [0.29, 0.717) is 28.9 Å². The maximum atomic E-state index is 13.5. The molecule has 9 heteroatoms. The Balaban J connectivity index is 1.81. The maximum Gasteiger partial charge on any atom is 0.271 e. The molecule has 4 rings (SSSR count). The lowest BCUT2D eigenvalue weighted by Gasteiger charge is -2.27. The number of rotatable bonds is 9. The topological polar surface area (TPSA) is 122 Å². The van der Waals surface area contributed by atoms with Gasteiger partial charge in [-0.2, -0.15) is 10.4 Å². The molecular weight excluding hydrogens is 482 g/mol. The molecule has 38 heavy (non-hydrogen) atoms. The number of nitro benzene ring substituents is 1. The van der Waals surface area contributed by atoms with Crippen molar-refractivity contribution in [3.63, 3.8) is 0 Å². The molecule has 0 N–H and O–H groups in total. The summed E-state index contributed by atoms with van der Waals surface area (Å²) in [5, 5.41) is 25.5. The fourth-order valence-corrected chi connectivity index (χ4v) is 4.36. The van der Waals surface area contributed by atoms with Crippen LogP contribution in [-0.4, -0.2) is 38.0 Å². The number of benzene rings is 2. The van der Waals surface area contributed by atoms with E-state index >= 15 is 0 Å². The zero-order chi connectivity index (χ0) is 27.2. The first-order chi connectivity index (χ1) is 18.3. The first kappa shape index (κ1) is 26.2. The Kier molecular flexibility index (Phi) is 7.92. The summed E-state index contributed by atoms with van der Waals surface area (Å²) in [6.45, 7) is 3.94. The molecule has 0 saturated heterocycles. The fraction of sp³-hybridized carbons (Fsp3) is 0.241. The maximum absolute atomic E-state index is 13.5. The average Bonchev–Trinajstić information content (AvgIpc) is 3.35. The molecule has 0 radical (unpaired) electrons. The van der Waals surface area contributed by atoms with Crippen LogP contribution in [0.1, 0.15) is 45.1 Å². The van der Waals surface area contributed by atoms with Crippen LogP contribution in [0.25, 0.3) is 23.0 Å². The number of amides is 2. The highest BCUT2D eigenvalue weighted by Crippen LogP contribution is 2.31. The molecule has 0 bridgehead atoms. The van der Waals surface area contributed by atoms with Crippen molar-refractivity contribution in [2.45, 2.75) is 39.5 Å². The van der Waals surface area contributed by atoms with Crippen LogP contribution in [0.4, 0.5) is 5.69 Å². The van der Waals surface area contributed by atoms with Gasteiger partial charge >= 0.3 is 0 Å². The number of imide groups is 1. The van der Waals surface area contributed by atoms with E-state index in [1.165, 1.54) is 12.1 Å². The molecule has 2 aromatic carbocycles. The van der Waals surface area contributed by atoms with Gasteiger partial charge in [-0.05, 0) is 37.1 Å². The van der Waals surface area contributed by atoms with E-state index in [1.54, 1.807) is 36.0 Å². The summed E-state index contributed by atoms with van der Waals surface area (Å²) >= 11 is 0. The van der Waals surface area contributed by atoms with Gasteiger partial charge in [-0.15, -0.1) is 0 Å². The Bertz CT molecular complexity index is 1480. The lowest BCUT2D eigenvalue weighted by Crippen LogP contribution is -2.43. The summed E-state index contributed by atoms with van der Waals surface area (Å²) in [4.78, 5) is 38.2. The second kappa shape index (κ2) is 11.5. The molecule has 0 saturated carbocycles. The van der Waals surface area contributed by atoms with Crippen LogP contribution in [0, 0.1) is 21.4 Å². The van der Waals surface area contributed by atoms with Crippen molar-refractivity contribution < 1.29 is 14.5 Å². The summed E-state index contributed by atoms with van der Waals surface area (Å²) in [5.74, 6) is -1.00. The van der Waals surface area contributed by atoms with Gasteiger partial charge in [0.15, 0.2) is 0 Å². The third-order valence-corrected chi connectivity index (χ3v) is 6.48. The van der Waals surface area contributed by atoms with Crippen molar-refractivity contribution in [2.75, 3.05) is 6.54 Å². The Morgan fingerprint density at radius 2 is 1.74 bits per heavy atom. The Morgan fingerprint density at radius 3 is 2.37 bits per heavy atom. The largest absolute Gasteiger partial charge is 0.274 e. The number of carbonyl (C=O) groups is 2. The Hall–Kier alpha value is -4.84. The first-order valence-electron chi connectivity index (χ1n) is 12.4. The lowest BCUT2D eigenvalue weighted by atomic mass is 9.93. The van der Waals surface area contributed by atoms with Gasteiger partial charge < -0.3 is 0 Å². The van der Waals surface area contributed by atoms with Crippen LogP contribution in [0.3, 0.4) is 0 Å². The molecule has 1 aliphatic rings. The summed E-state index contributed by atoms with van der Waals surface area (Å²) < 4.78 is 1.59. The minimum Gasteiger partial charge on any atom is -0.274 e. The van der Waals surface area contributed by atoms with Crippen molar-refractivity contribution in [3.8, 4) is 23.0 Å². The molecule has 192 valence electrons. The summed E-state index contributed by atoms with van der Waals surface area (Å²) in [7, 11) is 0. The highest BCUT2D eigenvalue weighted by atomic mass is 16.6. The second-order valence-electron chi connectivity index (χ2n) is 9.01. The van der Waals surface area contributed by atoms with E-state index in [4.69, 9.17) is 5.10 Å². The van der Waals surface area contributed by atoms with Crippen molar-refractivity contribution in [3.05, 3.63) is 93.2 Å². The molecule has 0 aliphatic carbocycles. The monoisotopic (exact) mass is 509 g/mol. The van der Waals surface area contributed by atoms with Crippen molar-refractivity contribution >= 4 is 23.6 Å². The van der Waals surface area contributed by atoms with Crippen molar-refractivity contribution in [1.82, 2.24) is 14.7 Å². The third-order valence-electron chi connectivity index (χ3n) is 6.48. The number of nitro groups is 1. The third kappa shape index (κ3) is 5.30. The SMILES string of the molecule is CCCCCCN1C(=O)C(C#N)=C(C)/C(=C\c2cn(-c3ccc([N+](=O)[O-])cc3)nc2-c2ccccc2)C1=O. The van der Waals surface area contributed by atoms with Gasteiger partial charge in [-0.25, -0.2) is 4.68 Å². The zero-order valence-corrected chi connectivity index (χ0v) is 21.3. The standard InChI is InChI=1S/C29H27N5O4/c1-3-4-5-9-16-32-28(35)25(20(2)26(18-30)29(32)36)17-22-19-33(23-12-14-24(15-13-23)34(37)38)31-27(22)21-10-7-6-8-11-21/h6-8,10-15,17,19H,3-5,9,16H2,1-2H3/b25-17+. The van der Waals surface area contributed by atoms with Gasteiger partial charge in [0.05, 0.1) is 16.3 Å². The minimum atomic E-state index is -0.562. The molecule has 1 aliphatic heterocycles. The van der Waals surface area contributed by atoms with E-state index in [1.807, 2.05) is 36.4 Å². The number of non-ortho nitro benzene ring substituents is 1. The van der Waals surface area contributed by atoms with Crippen molar-refractivity contribution in [2.24, 2.45) is 0 Å². The number of aromatic nitrogens is 2. The molecule has 2 heterocycles. The molecule has 0 atom stereocenters. The predicted molar refractivity (Wildman–Crippen MR) is 143 cm³/mol.